The van der Waals surface area contributed by atoms with Crippen LogP contribution in [-0.4, -0.2) is 22.3 Å². The Balaban J connectivity index is 3.07. The molecule has 0 heterocycles. The van der Waals surface area contributed by atoms with Gasteiger partial charge in [-0.3, -0.25) is 10.1 Å². The van der Waals surface area contributed by atoms with Crippen molar-refractivity contribution in [1.29, 1.82) is 0 Å². The predicted octanol–water partition coefficient (Wildman–Crippen LogP) is 0.252. The van der Waals surface area contributed by atoms with Crippen molar-refractivity contribution in [2.45, 2.75) is 6.92 Å². The summed E-state index contributed by atoms with van der Waals surface area (Å²) >= 11 is 0. The van der Waals surface area contributed by atoms with Crippen LogP contribution < -0.4 is 4.65 Å². The predicted molar refractivity (Wildman–Crippen MR) is 48.7 cm³/mol. The number of nitrogens with zero attached hydrogens (tertiary/aromatic N) is 1. The number of nitro benzene ring substituents is 1. The van der Waals surface area contributed by atoms with Crippen molar-refractivity contribution in [1.82, 2.24) is 0 Å². The zero-order valence-electron chi connectivity index (χ0n) is 7.38. The minimum atomic E-state index is -1.98. The van der Waals surface area contributed by atoms with Crippen molar-refractivity contribution in [2.75, 3.05) is 0 Å². The van der Waals surface area contributed by atoms with Crippen LogP contribution in [0.25, 0.3) is 0 Å². The molecule has 2 N–H and O–H groups in total. The van der Waals surface area contributed by atoms with E-state index in [1.165, 1.54) is 25.1 Å². The van der Waals surface area contributed by atoms with Gasteiger partial charge >= 0.3 is 7.32 Å². The molecule has 0 unspecified atom stereocenters. The van der Waals surface area contributed by atoms with E-state index in [2.05, 4.69) is 4.65 Å². The molecule has 0 fully saturated rings. The minimum absolute atomic E-state index is 0.0780. The Labute approximate surface area is 80.1 Å². The van der Waals surface area contributed by atoms with Crippen molar-refractivity contribution in [3.05, 3.63) is 33.9 Å². The maximum absolute atomic E-state index is 10.5. The lowest BCUT2D eigenvalue weighted by Gasteiger charge is -2.07. The molecule has 0 aliphatic carbocycles. The summed E-state index contributed by atoms with van der Waals surface area (Å²) in [4.78, 5) is 9.92. The van der Waals surface area contributed by atoms with Crippen LogP contribution in [0.3, 0.4) is 0 Å². The molecule has 74 valence electrons. The fourth-order valence-electron chi connectivity index (χ4n) is 1.04. The summed E-state index contributed by atoms with van der Waals surface area (Å²) in [6.45, 7) is 1.47. The van der Waals surface area contributed by atoms with Crippen LogP contribution in [0.2, 0.25) is 0 Å². The highest BCUT2D eigenvalue weighted by molar-refractivity contribution is 6.33. The monoisotopic (exact) mass is 197 g/mol. The minimum Gasteiger partial charge on any atom is -0.512 e. The molecule has 0 aliphatic rings. The van der Waals surface area contributed by atoms with Crippen molar-refractivity contribution >= 4 is 13.0 Å². The third kappa shape index (κ3) is 2.21. The number of hydrogen-bond acceptors (Lipinski definition) is 5. The number of hydrogen-bond donors (Lipinski definition) is 2. The summed E-state index contributed by atoms with van der Waals surface area (Å²) < 4.78 is 4.54. The van der Waals surface area contributed by atoms with Crippen molar-refractivity contribution in [2.24, 2.45) is 0 Å². The number of nitro groups is 1. The van der Waals surface area contributed by atoms with E-state index in [9.17, 15) is 10.1 Å². The van der Waals surface area contributed by atoms with Crippen LogP contribution in [0.1, 0.15) is 5.56 Å². The highest BCUT2D eigenvalue weighted by Crippen LogP contribution is 2.26. The number of benzene rings is 1. The van der Waals surface area contributed by atoms with Gasteiger partial charge in [-0.2, -0.15) is 0 Å². The maximum Gasteiger partial charge on any atom is 0.707 e. The second-order valence-corrected chi connectivity index (χ2v) is 2.60. The van der Waals surface area contributed by atoms with Gasteiger partial charge in [0.2, 0.25) is 0 Å². The van der Waals surface area contributed by atoms with Gasteiger partial charge in [-0.05, 0) is 13.0 Å². The molecule has 0 saturated heterocycles. The van der Waals surface area contributed by atoms with Gasteiger partial charge in [-0.25, -0.2) is 0 Å². The molecule has 0 bridgehead atoms. The fourth-order valence-corrected chi connectivity index (χ4v) is 1.04. The van der Waals surface area contributed by atoms with Crippen LogP contribution in [0.4, 0.5) is 5.69 Å². The molecule has 0 saturated carbocycles. The molecule has 1 rings (SSSR count). The van der Waals surface area contributed by atoms with E-state index >= 15 is 0 Å². The first-order valence-electron chi connectivity index (χ1n) is 3.79. The molecular formula is C7H8BNO5. The van der Waals surface area contributed by atoms with E-state index in [1.807, 2.05) is 0 Å². The van der Waals surface area contributed by atoms with E-state index < -0.39 is 12.2 Å². The Hall–Kier alpha value is -1.60. The van der Waals surface area contributed by atoms with Crippen molar-refractivity contribution in [3.63, 3.8) is 0 Å². The summed E-state index contributed by atoms with van der Waals surface area (Å²) in [5, 5.41) is 27.5. The van der Waals surface area contributed by atoms with E-state index in [-0.39, 0.29) is 17.0 Å². The third-order valence-corrected chi connectivity index (χ3v) is 1.68. The van der Waals surface area contributed by atoms with Gasteiger partial charge in [-0.15, -0.1) is 0 Å². The van der Waals surface area contributed by atoms with E-state index in [0.717, 1.165) is 0 Å². The largest absolute Gasteiger partial charge is 0.707 e. The fraction of sp³-hybridized carbons (Fsp3) is 0.143. The van der Waals surface area contributed by atoms with E-state index in [4.69, 9.17) is 10.0 Å². The topological polar surface area (TPSA) is 92.8 Å². The van der Waals surface area contributed by atoms with Crippen LogP contribution in [0.15, 0.2) is 18.2 Å². The molecule has 0 aliphatic heterocycles. The Kier molecular flexibility index (Phi) is 3.05. The molecule has 1 aromatic carbocycles. The van der Waals surface area contributed by atoms with Gasteiger partial charge in [0.05, 0.1) is 10.5 Å². The van der Waals surface area contributed by atoms with Gasteiger partial charge in [0.15, 0.2) is 0 Å². The SMILES string of the molecule is Cc1c(OB(O)O)cccc1[N+](=O)[O-]. The lowest BCUT2D eigenvalue weighted by atomic mass is 10.1. The highest BCUT2D eigenvalue weighted by Gasteiger charge is 2.18. The first-order valence-corrected chi connectivity index (χ1v) is 3.79. The maximum atomic E-state index is 10.5. The lowest BCUT2D eigenvalue weighted by molar-refractivity contribution is -0.385. The molecule has 1 aromatic rings. The molecule has 0 radical (unpaired) electrons. The summed E-state index contributed by atoms with van der Waals surface area (Å²) in [6, 6.07) is 4.14. The van der Waals surface area contributed by atoms with Crippen LogP contribution in [0.5, 0.6) is 5.75 Å². The van der Waals surface area contributed by atoms with Crippen molar-refractivity contribution in [3.8, 4) is 5.75 Å². The van der Waals surface area contributed by atoms with Crippen LogP contribution in [-0.2, 0) is 0 Å². The standard InChI is InChI=1S/C7H8BNO5/c1-5-6(9(12)13)3-2-4-7(5)14-8(10)11/h2-4,10-11H,1H3. The highest BCUT2D eigenvalue weighted by atomic mass is 16.6. The van der Waals surface area contributed by atoms with Gasteiger partial charge in [0, 0.05) is 6.07 Å². The Morgan fingerprint density at radius 2 is 2.14 bits per heavy atom. The average molecular weight is 197 g/mol. The Bertz CT molecular complexity index is 354. The van der Waals surface area contributed by atoms with E-state index in [0.29, 0.717) is 0 Å². The summed E-state index contributed by atoms with van der Waals surface area (Å²) in [6.07, 6.45) is 0. The quantitative estimate of drug-likeness (QED) is 0.411. The first-order chi connectivity index (χ1) is 6.52. The van der Waals surface area contributed by atoms with Gasteiger partial charge in [-0.1, -0.05) is 6.07 Å². The molecule has 0 spiro atoms. The molecule has 0 aromatic heterocycles. The van der Waals surface area contributed by atoms with E-state index in [1.54, 1.807) is 0 Å². The zero-order valence-corrected chi connectivity index (χ0v) is 7.38. The van der Waals surface area contributed by atoms with Crippen LogP contribution >= 0.6 is 0 Å². The second kappa shape index (κ2) is 4.08. The second-order valence-electron chi connectivity index (χ2n) is 2.60. The Morgan fingerprint density at radius 3 is 2.64 bits per heavy atom. The lowest BCUT2D eigenvalue weighted by Crippen LogP contribution is -2.21. The zero-order chi connectivity index (χ0) is 10.7. The molecule has 0 amide bonds. The summed E-state index contributed by atoms with van der Waals surface area (Å²) in [5.74, 6) is 0.0780. The van der Waals surface area contributed by atoms with Crippen LogP contribution in [0, 0.1) is 17.0 Å². The molecular weight excluding hydrogens is 189 g/mol. The molecule has 14 heavy (non-hydrogen) atoms. The Morgan fingerprint density at radius 1 is 1.50 bits per heavy atom. The molecule has 6 nitrogen and oxygen atoms in total. The van der Waals surface area contributed by atoms with Gasteiger partial charge in [0.1, 0.15) is 5.75 Å². The summed E-state index contributed by atoms with van der Waals surface area (Å²) in [5.41, 5.74) is 0.133. The first kappa shape index (κ1) is 10.5. The van der Waals surface area contributed by atoms with Gasteiger partial charge < -0.3 is 14.7 Å². The normalized spacial score (nSPS) is 9.64. The third-order valence-electron chi connectivity index (χ3n) is 1.68. The number of rotatable bonds is 3. The molecule has 0 atom stereocenters. The molecule has 7 heteroatoms. The van der Waals surface area contributed by atoms with Crippen molar-refractivity contribution < 1.29 is 19.6 Å². The van der Waals surface area contributed by atoms with Gasteiger partial charge in [0.25, 0.3) is 5.69 Å². The summed E-state index contributed by atoms with van der Waals surface area (Å²) in [7, 11) is -1.98. The average Bonchev–Trinajstić information content (AvgIpc) is 2.07. The smallest absolute Gasteiger partial charge is 0.512 e.